The molecule has 21 heavy (non-hydrogen) atoms. The van der Waals surface area contributed by atoms with Crippen molar-refractivity contribution < 1.29 is 19.1 Å². The van der Waals surface area contributed by atoms with Crippen LogP contribution in [0.2, 0.25) is 0 Å². The van der Waals surface area contributed by atoms with Gasteiger partial charge in [-0.05, 0) is 32.4 Å². The lowest BCUT2D eigenvalue weighted by Crippen LogP contribution is -2.45. The van der Waals surface area contributed by atoms with Gasteiger partial charge in [-0.3, -0.25) is 4.98 Å². The summed E-state index contributed by atoms with van der Waals surface area (Å²) in [6.07, 6.45) is 2.78. The fourth-order valence-electron chi connectivity index (χ4n) is 1.55. The first kappa shape index (κ1) is 17.2. The highest BCUT2D eigenvalue weighted by atomic mass is 35.5. The van der Waals surface area contributed by atoms with Crippen molar-refractivity contribution in [3.8, 4) is 0 Å². The van der Waals surface area contributed by atoms with E-state index in [9.17, 15) is 9.59 Å². The molecule has 0 aliphatic carbocycles. The maximum atomic E-state index is 11.9. The Morgan fingerprint density at radius 2 is 2.14 bits per heavy atom. The molecule has 0 bridgehead atoms. The minimum Gasteiger partial charge on any atom is -0.448 e. The third-order valence-corrected chi connectivity index (χ3v) is 2.44. The van der Waals surface area contributed by atoms with E-state index in [0.29, 0.717) is 0 Å². The van der Waals surface area contributed by atoms with Crippen LogP contribution in [0.1, 0.15) is 26.3 Å². The van der Waals surface area contributed by atoms with Crippen molar-refractivity contribution >= 4 is 23.7 Å². The fraction of sp³-hybridized carbons (Fsp3) is 0.500. The lowest BCUT2D eigenvalue weighted by molar-refractivity contribution is -0.144. The molecular formula is C14H19ClN2O4. The summed E-state index contributed by atoms with van der Waals surface area (Å²) in [5, 5.41) is 2.48. The third-order valence-electron chi connectivity index (χ3n) is 2.33. The standard InChI is InChI=1S/C14H19ClN2O4/c1-14(2,3)21-13(19)17-11(12(18)20-9-15)7-10-5-4-6-16-8-10/h4-6,8,11H,7,9H2,1-3H3,(H,17,19)/t11-/m0/s1. The summed E-state index contributed by atoms with van der Waals surface area (Å²) in [7, 11) is 0. The van der Waals surface area contributed by atoms with Gasteiger partial charge in [-0.2, -0.15) is 0 Å². The van der Waals surface area contributed by atoms with Gasteiger partial charge in [-0.25, -0.2) is 9.59 Å². The number of rotatable bonds is 5. The first-order valence-electron chi connectivity index (χ1n) is 6.43. The van der Waals surface area contributed by atoms with Gasteiger partial charge in [-0.1, -0.05) is 17.7 Å². The van der Waals surface area contributed by atoms with Crippen LogP contribution in [0.15, 0.2) is 24.5 Å². The molecule has 1 amide bonds. The van der Waals surface area contributed by atoms with E-state index in [4.69, 9.17) is 21.1 Å². The Bertz CT molecular complexity index is 474. The highest BCUT2D eigenvalue weighted by Gasteiger charge is 2.25. The van der Waals surface area contributed by atoms with Crippen LogP contribution < -0.4 is 5.32 Å². The summed E-state index contributed by atoms with van der Waals surface area (Å²) in [6, 6.07) is 2.37. The van der Waals surface area contributed by atoms with Gasteiger partial charge in [0.15, 0.2) is 6.07 Å². The van der Waals surface area contributed by atoms with Crippen LogP contribution in [0.3, 0.4) is 0 Å². The largest absolute Gasteiger partial charge is 0.448 e. The minimum absolute atomic E-state index is 0.239. The van der Waals surface area contributed by atoms with Crippen molar-refractivity contribution in [2.45, 2.75) is 38.8 Å². The van der Waals surface area contributed by atoms with E-state index < -0.39 is 23.7 Å². The van der Waals surface area contributed by atoms with Crippen LogP contribution in [0.5, 0.6) is 0 Å². The van der Waals surface area contributed by atoms with Gasteiger partial charge in [0, 0.05) is 18.8 Å². The SMILES string of the molecule is CC(C)(C)OC(=O)N[C@@H](Cc1cccnc1)C(=O)OCCl. The van der Waals surface area contributed by atoms with Gasteiger partial charge < -0.3 is 14.8 Å². The topological polar surface area (TPSA) is 77.5 Å². The molecule has 116 valence electrons. The Morgan fingerprint density at radius 1 is 1.43 bits per heavy atom. The zero-order chi connectivity index (χ0) is 15.9. The number of halogens is 1. The molecule has 1 atom stereocenters. The van der Waals surface area contributed by atoms with Crippen LogP contribution in [0.25, 0.3) is 0 Å². The number of esters is 1. The number of ether oxygens (including phenoxy) is 2. The summed E-state index contributed by atoms with van der Waals surface area (Å²) in [5.41, 5.74) is 0.129. The predicted octanol–water partition coefficient (Wildman–Crippen LogP) is 2.26. The quantitative estimate of drug-likeness (QED) is 0.666. The molecule has 1 rings (SSSR count). The fourth-order valence-corrected chi connectivity index (χ4v) is 1.66. The highest BCUT2D eigenvalue weighted by Crippen LogP contribution is 2.09. The number of pyridine rings is 1. The number of hydrogen-bond donors (Lipinski definition) is 1. The number of alkyl halides is 1. The molecule has 0 unspecified atom stereocenters. The lowest BCUT2D eigenvalue weighted by atomic mass is 10.1. The molecule has 0 spiro atoms. The minimum atomic E-state index is -0.886. The second-order valence-corrected chi connectivity index (χ2v) is 5.55. The first-order chi connectivity index (χ1) is 9.81. The molecule has 0 aromatic carbocycles. The van der Waals surface area contributed by atoms with Crippen molar-refractivity contribution in [3.63, 3.8) is 0 Å². The molecule has 0 fully saturated rings. The Kier molecular flexibility index (Phi) is 6.42. The smallest absolute Gasteiger partial charge is 0.408 e. The van der Waals surface area contributed by atoms with Crippen molar-refractivity contribution in [1.29, 1.82) is 0 Å². The zero-order valence-electron chi connectivity index (χ0n) is 12.3. The van der Waals surface area contributed by atoms with Crippen molar-refractivity contribution in [2.24, 2.45) is 0 Å². The number of nitrogens with one attached hydrogen (secondary N) is 1. The highest BCUT2D eigenvalue weighted by molar-refractivity contribution is 6.17. The van der Waals surface area contributed by atoms with Crippen LogP contribution in [0, 0.1) is 0 Å². The molecular weight excluding hydrogens is 296 g/mol. The number of hydrogen-bond acceptors (Lipinski definition) is 5. The van der Waals surface area contributed by atoms with Crippen LogP contribution >= 0.6 is 11.6 Å². The number of carbonyl (C=O) groups is 2. The molecule has 0 saturated heterocycles. The number of carbonyl (C=O) groups excluding carboxylic acids is 2. The summed E-state index contributed by atoms with van der Waals surface area (Å²) >= 11 is 5.39. The van der Waals surface area contributed by atoms with Crippen LogP contribution in [-0.2, 0) is 20.7 Å². The molecule has 0 saturated carbocycles. The second kappa shape index (κ2) is 7.83. The number of alkyl carbamates (subject to hydrolysis) is 1. The van der Waals surface area contributed by atoms with Gasteiger partial charge >= 0.3 is 12.1 Å². The van der Waals surface area contributed by atoms with E-state index in [1.807, 2.05) is 0 Å². The van der Waals surface area contributed by atoms with Gasteiger partial charge in [0.2, 0.25) is 0 Å². The molecule has 1 aromatic rings. The van der Waals surface area contributed by atoms with E-state index in [0.717, 1.165) is 5.56 Å². The molecule has 0 aliphatic heterocycles. The summed E-state index contributed by atoms with van der Waals surface area (Å²) in [5.74, 6) is -0.625. The van der Waals surface area contributed by atoms with E-state index in [1.165, 1.54) is 0 Å². The van der Waals surface area contributed by atoms with Gasteiger partial charge in [0.05, 0.1) is 0 Å². The van der Waals surface area contributed by atoms with E-state index in [1.54, 1.807) is 45.3 Å². The summed E-state index contributed by atoms with van der Waals surface area (Å²) < 4.78 is 9.87. The Morgan fingerprint density at radius 3 is 2.67 bits per heavy atom. The Labute approximate surface area is 128 Å². The van der Waals surface area contributed by atoms with Gasteiger partial charge in [-0.15, -0.1) is 0 Å². The summed E-state index contributed by atoms with van der Waals surface area (Å²) in [6.45, 7) is 5.21. The summed E-state index contributed by atoms with van der Waals surface area (Å²) in [4.78, 5) is 27.6. The van der Waals surface area contributed by atoms with Crippen LogP contribution in [0.4, 0.5) is 4.79 Å². The molecule has 1 heterocycles. The van der Waals surface area contributed by atoms with Gasteiger partial charge in [0.25, 0.3) is 0 Å². The average Bonchev–Trinajstić information content (AvgIpc) is 2.37. The molecule has 1 aromatic heterocycles. The van der Waals surface area contributed by atoms with Crippen molar-refractivity contribution in [2.75, 3.05) is 6.07 Å². The van der Waals surface area contributed by atoms with Gasteiger partial charge in [0.1, 0.15) is 11.6 Å². The maximum Gasteiger partial charge on any atom is 0.408 e. The number of aromatic nitrogens is 1. The van der Waals surface area contributed by atoms with E-state index >= 15 is 0 Å². The van der Waals surface area contributed by atoms with E-state index in [-0.39, 0.29) is 12.5 Å². The molecule has 0 aliphatic rings. The Hall–Kier alpha value is -1.82. The van der Waals surface area contributed by atoms with E-state index in [2.05, 4.69) is 10.3 Å². The third kappa shape index (κ3) is 6.94. The molecule has 0 radical (unpaired) electrons. The predicted molar refractivity (Wildman–Crippen MR) is 77.9 cm³/mol. The number of nitrogens with zero attached hydrogens (tertiary/aromatic N) is 1. The molecule has 7 heteroatoms. The second-order valence-electron chi connectivity index (χ2n) is 5.34. The monoisotopic (exact) mass is 314 g/mol. The zero-order valence-corrected chi connectivity index (χ0v) is 13.0. The Balaban J connectivity index is 2.73. The van der Waals surface area contributed by atoms with Crippen molar-refractivity contribution in [3.05, 3.63) is 30.1 Å². The average molecular weight is 315 g/mol. The van der Waals surface area contributed by atoms with Crippen molar-refractivity contribution in [1.82, 2.24) is 10.3 Å². The molecule has 6 nitrogen and oxygen atoms in total. The van der Waals surface area contributed by atoms with Crippen LogP contribution in [-0.4, -0.2) is 34.8 Å². The maximum absolute atomic E-state index is 11.9. The molecule has 1 N–H and O–H groups in total. The first-order valence-corrected chi connectivity index (χ1v) is 6.96. The normalized spacial score (nSPS) is 12.4. The number of amides is 1. The lowest BCUT2D eigenvalue weighted by Gasteiger charge is -2.22.